The summed E-state index contributed by atoms with van der Waals surface area (Å²) in [5.41, 5.74) is 0.329. The van der Waals surface area contributed by atoms with Crippen molar-refractivity contribution in [2.24, 2.45) is 5.92 Å². The predicted octanol–water partition coefficient (Wildman–Crippen LogP) is 1.68. The molecule has 0 spiro atoms. The Balaban J connectivity index is 2.37. The lowest BCUT2D eigenvalue weighted by Crippen LogP contribution is -2.40. The predicted molar refractivity (Wildman–Crippen MR) is 68.3 cm³/mol. The number of fused-ring (bicyclic) bond motifs is 1. The second-order valence-corrected chi connectivity index (χ2v) is 4.30. The van der Waals surface area contributed by atoms with Crippen LogP contribution < -0.4 is 4.74 Å². The zero-order valence-corrected chi connectivity index (χ0v) is 11.2. The third-order valence-electron chi connectivity index (χ3n) is 3.12. The van der Waals surface area contributed by atoms with Crippen LogP contribution in [0.3, 0.4) is 0 Å². The molecule has 108 valence electrons. The first-order chi connectivity index (χ1) is 9.58. The van der Waals surface area contributed by atoms with Crippen molar-refractivity contribution in [1.29, 1.82) is 0 Å². The topological polar surface area (TPSA) is 87.9 Å². The van der Waals surface area contributed by atoms with E-state index < -0.39 is 23.1 Å². The van der Waals surface area contributed by atoms with E-state index in [0.717, 1.165) is 0 Å². The second kappa shape index (κ2) is 5.87. The molecule has 0 fully saturated rings. The maximum Gasteiger partial charge on any atom is 0.315 e. The zero-order chi connectivity index (χ0) is 14.7. The van der Waals surface area contributed by atoms with Gasteiger partial charge in [0.2, 0.25) is 6.29 Å². The molecule has 0 aliphatic carbocycles. The number of esters is 1. The van der Waals surface area contributed by atoms with Gasteiger partial charge in [0.25, 0.3) is 5.69 Å². The van der Waals surface area contributed by atoms with Crippen molar-refractivity contribution in [3.8, 4) is 5.75 Å². The summed E-state index contributed by atoms with van der Waals surface area (Å²) in [7, 11) is 1.42. The average molecular weight is 281 g/mol. The Morgan fingerprint density at radius 2 is 2.30 bits per heavy atom. The van der Waals surface area contributed by atoms with Gasteiger partial charge in [0, 0.05) is 19.6 Å². The number of rotatable bonds is 4. The molecule has 0 N–H and O–H groups in total. The summed E-state index contributed by atoms with van der Waals surface area (Å²) >= 11 is 0. The molecule has 2 atom stereocenters. The highest BCUT2D eigenvalue weighted by Gasteiger charge is 2.39. The van der Waals surface area contributed by atoms with Gasteiger partial charge in [0.05, 0.1) is 17.1 Å². The Hall–Kier alpha value is -2.15. The van der Waals surface area contributed by atoms with Gasteiger partial charge in [0.15, 0.2) is 0 Å². The van der Waals surface area contributed by atoms with Crippen molar-refractivity contribution in [1.82, 2.24) is 0 Å². The normalized spacial score (nSPS) is 20.7. The van der Waals surface area contributed by atoms with Crippen molar-refractivity contribution >= 4 is 11.7 Å². The van der Waals surface area contributed by atoms with Crippen LogP contribution >= 0.6 is 0 Å². The van der Waals surface area contributed by atoms with Crippen LogP contribution in [0.1, 0.15) is 12.5 Å². The summed E-state index contributed by atoms with van der Waals surface area (Å²) in [6, 6.07) is 4.54. The van der Waals surface area contributed by atoms with Gasteiger partial charge in [0.1, 0.15) is 11.7 Å². The van der Waals surface area contributed by atoms with E-state index in [1.165, 1.54) is 19.2 Å². The molecule has 1 aromatic rings. The quantitative estimate of drug-likeness (QED) is 0.474. The van der Waals surface area contributed by atoms with E-state index in [9.17, 15) is 14.9 Å². The van der Waals surface area contributed by atoms with Crippen LogP contribution in [0.25, 0.3) is 0 Å². The van der Waals surface area contributed by atoms with Gasteiger partial charge in [-0.05, 0) is 13.0 Å². The van der Waals surface area contributed by atoms with Crippen molar-refractivity contribution in [2.75, 3.05) is 13.7 Å². The summed E-state index contributed by atoms with van der Waals surface area (Å²) in [6.07, 6.45) is -0.646. The van der Waals surface area contributed by atoms with Crippen LogP contribution in [-0.4, -0.2) is 30.9 Å². The molecular formula is C13H15NO6. The lowest BCUT2D eigenvalue weighted by molar-refractivity contribution is -0.385. The van der Waals surface area contributed by atoms with Gasteiger partial charge in [-0.15, -0.1) is 0 Å². The van der Waals surface area contributed by atoms with Gasteiger partial charge < -0.3 is 14.2 Å². The third-order valence-corrected chi connectivity index (χ3v) is 3.12. The van der Waals surface area contributed by atoms with Crippen LogP contribution in [0.4, 0.5) is 5.69 Å². The van der Waals surface area contributed by atoms with E-state index in [0.29, 0.717) is 11.3 Å². The monoisotopic (exact) mass is 281 g/mol. The third kappa shape index (κ3) is 2.57. The highest BCUT2D eigenvalue weighted by molar-refractivity contribution is 5.74. The minimum atomic E-state index is -0.802. The van der Waals surface area contributed by atoms with Crippen molar-refractivity contribution in [3.05, 3.63) is 33.9 Å². The number of benzene rings is 1. The van der Waals surface area contributed by atoms with Crippen LogP contribution in [0.15, 0.2) is 18.2 Å². The van der Waals surface area contributed by atoms with Gasteiger partial charge in [-0.2, -0.15) is 0 Å². The zero-order valence-electron chi connectivity index (χ0n) is 11.2. The first-order valence-corrected chi connectivity index (χ1v) is 6.20. The molecule has 1 aliphatic rings. The number of hydrogen-bond donors (Lipinski definition) is 0. The Morgan fingerprint density at radius 3 is 2.90 bits per heavy atom. The summed E-state index contributed by atoms with van der Waals surface area (Å²) in [5.74, 6) is -0.830. The smallest absolute Gasteiger partial charge is 0.315 e. The summed E-state index contributed by atoms with van der Waals surface area (Å²) in [6.45, 7) is 1.93. The van der Waals surface area contributed by atoms with E-state index in [1.54, 1.807) is 13.0 Å². The lowest BCUT2D eigenvalue weighted by Gasteiger charge is -2.30. The molecule has 7 nitrogen and oxygen atoms in total. The van der Waals surface area contributed by atoms with Crippen molar-refractivity contribution in [3.63, 3.8) is 0 Å². The Morgan fingerprint density at radius 1 is 1.55 bits per heavy atom. The number of hydrogen-bond acceptors (Lipinski definition) is 6. The van der Waals surface area contributed by atoms with Gasteiger partial charge in [-0.25, -0.2) is 0 Å². The van der Waals surface area contributed by atoms with E-state index in [2.05, 4.69) is 0 Å². The summed E-state index contributed by atoms with van der Waals surface area (Å²) in [4.78, 5) is 22.4. The van der Waals surface area contributed by atoms with Crippen molar-refractivity contribution in [2.45, 2.75) is 19.6 Å². The van der Waals surface area contributed by atoms with E-state index in [1.807, 2.05) is 0 Å². The number of ether oxygens (including phenoxy) is 3. The van der Waals surface area contributed by atoms with Crippen LogP contribution in [-0.2, 0) is 20.7 Å². The first kappa shape index (κ1) is 14.3. The van der Waals surface area contributed by atoms with Crippen LogP contribution in [0, 0.1) is 16.0 Å². The summed E-state index contributed by atoms with van der Waals surface area (Å²) in [5, 5.41) is 11.0. The molecule has 1 aliphatic heterocycles. The minimum absolute atomic E-state index is 0.0636. The number of carbonyl (C=O) groups excluding carboxylic acids is 1. The Kier molecular flexibility index (Phi) is 4.19. The molecule has 7 heteroatoms. The first-order valence-electron chi connectivity index (χ1n) is 6.20. The van der Waals surface area contributed by atoms with E-state index >= 15 is 0 Å². The SMILES string of the molecule is CCOC(=O)C1Cc2c(cccc2[N+](=O)[O-])OC1OC. The van der Waals surface area contributed by atoms with Crippen molar-refractivity contribution < 1.29 is 23.9 Å². The van der Waals surface area contributed by atoms with Crippen LogP contribution in [0.2, 0.25) is 0 Å². The molecule has 0 saturated heterocycles. The number of nitrogens with zero attached hydrogens (tertiary/aromatic N) is 1. The fourth-order valence-corrected chi connectivity index (χ4v) is 2.22. The van der Waals surface area contributed by atoms with Gasteiger partial charge >= 0.3 is 5.97 Å². The van der Waals surface area contributed by atoms with Gasteiger partial charge in [-0.3, -0.25) is 14.9 Å². The summed E-state index contributed by atoms with van der Waals surface area (Å²) < 4.78 is 15.6. The Bertz CT molecular complexity index is 530. The highest BCUT2D eigenvalue weighted by atomic mass is 16.7. The van der Waals surface area contributed by atoms with Gasteiger partial charge in [-0.1, -0.05) is 6.07 Å². The second-order valence-electron chi connectivity index (χ2n) is 4.30. The molecule has 0 aromatic heterocycles. The fraction of sp³-hybridized carbons (Fsp3) is 0.462. The van der Waals surface area contributed by atoms with E-state index in [-0.39, 0.29) is 18.7 Å². The molecule has 0 radical (unpaired) electrons. The molecule has 0 bridgehead atoms. The molecule has 1 heterocycles. The number of carbonyl (C=O) groups is 1. The standard InChI is InChI=1S/C13H15NO6/c1-3-19-12(15)9-7-8-10(14(16)17)5-4-6-11(8)20-13(9)18-2/h4-6,9,13H,3,7H2,1-2H3. The number of methoxy groups -OCH3 is 1. The Labute approximate surface area is 115 Å². The molecule has 0 amide bonds. The van der Waals surface area contributed by atoms with E-state index in [4.69, 9.17) is 14.2 Å². The maximum atomic E-state index is 11.9. The molecule has 1 aromatic carbocycles. The number of nitro benzene ring substituents is 1. The molecule has 2 rings (SSSR count). The molecular weight excluding hydrogens is 266 g/mol. The number of nitro groups is 1. The molecule has 2 unspecified atom stereocenters. The highest BCUT2D eigenvalue weighted by Crippen LogP contribution is 2.37. The average Bonchev–Trinajstić information content (AvgIpc) is 2.45. The molecule has 20 heavy (non-hydrogen) atoms. The lowest BCUT2D eigenvalue weighted by atomic mass is 9.94. The van der Waals surface area contributed by atoms with Crippen LogP contribution in [0.5, 0.6) is 5.75 Å². The largest absolute Gasteiger partial charge is 0.466 e. The minimum Gasteiger partial charge on any atom is -0.466 e. The maximum absolute atomic E-state index is 11.9. The molecule has 0 saturated carbocycles. The fourth-order valence-electron chi connectivity index (χ4n) is 2.22.